The van der Waals surface area contributed by atoms with E-state index in [0.29, 0.717) is 6.61 Å². The molecule has 1 radical (unpaired) electrons. The van der Waals surface area contributed by atoms with Crippen LogP contribution in [0.15, 0.2) is 0 Å². The normalized spacial score (nSPS) is 12.8. The maximum Gasteiger partial charge on any atom is 0.324 e. The zero-order chi connectivity index (χ0) is 7.28. The summed E-state index contributed by atoms with van der Waals surface area (Å²) in [5, 5.41) is 0. The number of rotatable bonds is 3. The van der Waals surface area contributed by atoms with Crippen LogP contribution in [0.3, 0.4) is 0 Å². The van der Waals surface area contributed by atoms with Crippen molar-refractivity contribution >= 4 is 5.97 Å². The smallest absolute Gasteiger partial charge is 0.324 e. The monoisotopic (exact) mass is 130 g/mol. The van der Waals surface area contributed by atoms with Crippen molar-refractivity contribution in [1.82, 2.24) is 5.73 Å². The maximum absolute atomic E-state index is 10.5. The minimum absolute atomic E-state index is 0.433. The van der Waals surface area contributed by atoms with E-state index in [1.54, 1.807) is 0 Å². The van der Waals surface area contributed by atoms with Gasteiger partial charge in [-0.2, -0.15) is 0 Å². The number of carbonyl (C=O) groups excluding carboxylic acids is 1. The Morgan fingerprint density at radius 1 is 1.78 bits per heavy atom. The first-order valence-corrected chi connectivity index (χ1v) is 3.06. The molecule has 0 rings (SSSR count). The van der Waals surface area contributed by atoms with Gasteiger partial charge in [-0.1, -0.05) is 6.92 Å². The van der Waals surface area contributed by atoms with Crippen molar-refractivity contribution in [2.24, 2.45) is 0 Å². The Kier molecular flexibility index (Phi) is 4.05. The van der Waals surface area contributed by atoms with Gasteiger partial charge in [0.15, 0.2) is 0 Å². The summed E-state index contributed by atoms with van der Waals surface area (Å²) in [5.41, 5.74) is 6.89. The number of hydrogen-bond acceptors (Lipinski definition) is 2. The van der Waals surface area contributed by atoms with Crippen molar-refractivity contribution in [2.45, 2.75) is 26.3 Å². The lowest BCUT2D eigenvalue weighted by atomic mass is 10.4. The second kappa shape index (κ2) is 4.32. The fraction of sp³-hybridized carbons (Fsp3) is 0.833. The van der Waals surface area contributed by atoms with Crippen LogP contribution in [0.4, 0.5) is 0 Å². The van der Waals surface area contributed by atoms with Crippen LogP contribution in [0.1, 0.15) is 20.3 Å². The van der Waals surface area contributed by atoms with E-state index in [1.165, 1.54) is 6.92 Å². The van der Waals surface area contributed by atoms with E-state index in [0.717, 1.165) is 6.42 Å². The van der Waals surface area contributed by atoms with Crippen molar-refractivity contribution in [1.29, 1.82) is 0 Å². The summed E-state index contributed by atoms with van der Waals surface area (Å²) in [6.45, 7) is 3.85. The Labute approximate surface area is 55.2 Å². The highest BCUT2D eigenvalue weighted by atomic mass is 16.5. The van der Waals surface area contributed by atoms with Crippen LogP contribution in [0, 0.1) is 0 Å². The van der Waals surface area contributed by atoms with Gasteiger partial charge in [-0.25, -0.2) is 5.73 Å². The zero-order valence-electron chi connectivity index (χ0n) is 5.81. The Morgan fingerprint density at radius 3 is 2.67 bits per heavy atom. The van der Waals surface area contributed by atoms with E-state index < -0.39 is 12.0 Å². The van der Waals surface area contributed by atoms with Crippen LogP contribution in [0.5, 0.6) is 0 Å². The molecule has 0 aliphatic rings. The van der Waals surface area contributed by atoms with Crippen LogP contribution in [-0.2, 0) is 9.53 Å². The third-order valence-corrected chi connectivity index (χ3v) is 0.802. The van der Waals surface area contributed by atoms with Gasteiger partial charge in [-0.3, -0.25) is 4.79 Å². The molecular formula is C6H12NO2. The maximum atomic E-state index is 10.5. The molecule has 0 fully saturated rings. The van der Waals surface area contributed by atoms with Crippen molar-refractivity contribution in [3.05, 3.63) is 0 Å². The number of nitrogens with one attached hydrogen (secondary N) is 1. The summed E-state index contributed by atoms with van der Waals surface area (Å²) in [4.78, 5) is 10.5. The molecule has 0 spiro atoms. The molecule has 0 saturated heterocycles. The van der Waals surface area contributed by atoms with Gasteiger partial charge >= 0.3 is 5.97 Å². The largest absolute Gasteiger partial charge is 0.465 e. The average Bonchev–Trinajstić information content (AvgIpc) is 1.82. The molecule has 0 aromatic carbocycles. The lowest BCUT2D eigenvalue weighted by Gasteiger charge is -2.03. The minimum Gasteiger partial charge on any atom is -0.465 e. The van der Waals surface area contributed by atoms with Crippen LogP contribution < -0.4 is 5.73 Å². The van der Waals surface area contributed by atoms with Crippen molar-refractivity contribution in [2.75, 3.05) is 6.61 Å². The third kappa shape index (κ3) is 3.97. The van der Waals surface area contributed by atoms with Gasteiger partial charge in [0.25, 0.3) is 0 Å². The van der Waals surface area contributed by atoms with Gasteiger partial charge in [0, 0.05) is 0 Å². The van der Waals surface area contributed by atoms with Gasteiger partial charge in [0.2, 0.25) is 0 Å². The molecule has 0 aliphatic carbocycles. The van der Waals surface area contributed by atoms with Crippen LogP contribution in [-0.4, -0.2) is 18.6 Å². The molecular weight excluding hydrogens is 118 g/mol. The molecule has 0 heterocycles. The summed E-state index contributed by atoms with van der Waals surface area (Å²) < 4.78 is 4.63. The molecule has 3 nitrogen and oxygen atoms in total. The van der Waals surface area contributed by atoms with Crippen LogP contribution >= 0.6 is 0 Å². The van der Waals surface area contributed by atoms with Crippen molar-refractivity contribution < 1.29 is 9.53 Å². The molecule has 1 atom stereocenters. The molecule has 0 saturated carbocycles. The zero-order valence-corrected chi connectivity index (χ0v) is 5.81. The Morgan fingerprint density at radius 2 is 2.33 bits per heavy atom. The number of carbonyl (C=O) groups is 1. The standard InChI is InChI=1S/C6H12NO2/c1-3-4-9-6(8)5(2)7/h5,7H,3-4H2,1-2H3. The fourth-order valence-corrected chi connectivity index (χ4v) is 0.328. The fourth-order valence-electron chi connectivity index (χ4n) is 0.328. The number of ether oxygens (including phenoxy) is 1. The van der Waals surface area contributed by atoms with E-state index in [-0.39, 0.29) is 0 Å². The topological polar surface area (TPSA) is 50.1 Å². The molecule has 0 amide bonds. The van der Waals surface area contributed by atoms with E-state index in [1.807, 2.05) is 6.92 Å². The predicted molar refractivity (Wildman–Crippen MR) is 33.8 cm³/mol. The first kappa shape index (κ1) is 8.43. The first-order chi connectivity index (χ1) is 4.18. The minimum atomic E-state index is -0.739. The molecule has 0 aromatic rings. The second-order valence-electron chi connectivity index (χ2n) is 1.89. The average molecular weight is 130 g/mol. The predicted octanol–water partition coefficient (Wildman–Crippen LogP) is 0.611. The number of hydrogen-bond donors (Lipinski definition) is 0. The quantitative estimate of drug-likeness (QED) is 0.525. The summed E-state index contributed by atoms with van der Waals surface area (Å²) in [6, 6.07) is -0.739. The van der Waals surface area contributed by atoms with E-state index in [4.69, 9.17) is 5.73 Å². The van der Waals surface area contributed by atoms with Crippen molar-refractivity contribution in [3.8, 4) is 0 Å². The van der Waals surface area contributed by atoms with E-state index in [9.17, 15) is 4.79 Å². The Bertz CT molecular complexity index is 91.1. The highest BCUT2D eigenvalue weighted by molar-refractivity contribution is 5.74. The Balaban J connectivity index is 3.28. The molecule has 1 unspecified atom stereocenters. The summed E-state index contributed by atoms with van der Waals surface area (Å²) >= 11 is 0. The van der Waals surface area contributed by atoms with Crippen molar-refractivity contribution in [3.63, 3.8) is 0 Å². The van der Waals surface area contributed by atoms with Gasteiger partial charge in [0.1, 0.15) is 6.04 Å². The van der Waals surface area contributed by atoms with Gasteiger partial charge in [-0.05, 0) is 13.3 Å². The molecule has 9 heavy (non-hydrogen) atoms. The molecule has 1 N–H and O–H groups in total. The molecule has 0 bridgehead atoms. The van der Waals surface area contributed by atoms with E-state index in [2.05, 4.69) is 4.74 Å². The lowest BCUT2D eigenvalue weighted by Crippen LogP contribution is -2.21. The van der Waals surface area contributed by atoms with Gasteiger partial charge < -0.3 is 4.74 Å². The third-order valence-electron chi connectivity index (χ3n) is 0.802. The SMILES string of the molecule is CCCOC(=O)C(C)[NH]. The summed E-state index contributed by atoms with van der Waals surface area (Å²) in [5.74, 6) is -0.433. The molecule has 3 heteroatoms. The van der Waals surface area contributed by atoms with Crippen LogP contribution in [0.25, 0.3) is 0 Å². The Hall–Kier alpha value is -0.570. The molecule has 0 aromatic heterocycles. The lowest BCUT2D eigenvalue weighted by molar-refractivity contribution is -0.144. The highest BCUT2D eigenvalue weighted by Gasteiger charge is 2.07. The van der Waals surface area contributed by atoms with Gasteiger partial charge in [-0.15, -0.1) is 0 Å². The first-order valence-electron chi connectivity index (χ1n) is 3.06. The summed E-state index contributed by atoms with van der Waals surface area (Å²) in [7, 11) is 0. The molecule has 0 aliphatic heterocycles. The second-order valence-corrected chi connectivity index (χ2v) is 1.89. The van der Waals surface area contributed by atoms with Gasteiger partial charge in [0.05, 0.1) is 6.61 Å². The van der Waals surface area contributed by atoms with E-state index >= 15 is 0 Å². The number of esters is 1. The van der Waals surface area contributed by atoms with Crippen LogP contribution in [0.2, 0.25) is 0 Å². The molecule has 53 valence electrons. The summed E-state index contributed by atoms with van der Waals surface area (Å²) in [6.07, 6.45) is 0.818. The highest BCUT2D eigenvalue weighted by Crippen LogP contribution is 1.86.